The molecule has 0 bridgehead atoms. The second-order valence-electron chi connectivity index (χ2n) is 4.59. The maximum absolute atomic E-state index is 11.8. The van der Waals surface area contributed by atoms with Crippen molar-refractivity contribution in [3.8, 4) is 0 Å². The standard InChI is InChI=1S/C14H14ClNO4/c15-10-3-1-9(2-4-10)7-11(17)8-13(18)16-12-5-6-20-14(12)19/h1-4,12H,5-8H2,(H,16,18)/t12-/m1/s1. The molecule has 1 atom stereocenters. The van der Waals surface area contributed by atoms with E-state index in [-0.39, 0.29) is 18.6 Å². The van der Waals surface area contributed by atoms with Crippen molar-refractivity contribution >= 4 is 29.3 Å². The summed E-state index contributed by atoms with van der Waals surface area (Å²) in [6.07, 6.45) is 0.377. The first kappa shape index (κ1) is 14.5. The number of Topliss-reactive ketones (excluding diaryl/α,β-unsaturated/α-hetero) is 1. The number of halogens is 1. The van der Waals surface area contributed by atoms with Crippen LogP contribution in [0.3, 0.4) is 0 Å². The van der Waals surface area contributed by atoms with E-state index in [1.807, 2.05) is 0 Å². The van der Waals surface area contributed by atoms with Crippen molar-refractivity contribution in [2.75, 3.05) is 6.61 Å². The fourth-order valence-electron chi connectivity index (χ4n) is 1.94. The molecule has 0 saturated carbocycles. The molecule has 6 heteroatoms. The fraction of sp³-hybridized carbons (Fsp3) is 0.357. The number of nitrogens with one attached hydrogen (secondary N) is 1. The van der Waals surface area contributed by atoms with Gasteiger partial charge in [0, 0.05) is 17.9 Å². The molecule has 1 aliphatic heterocycles. The highest BCUT2D eigenvalue weighted by molar-refractivity contribution is 6.30. The number of carbonyl (C=O) groups excluding carboxylic acids is 3. The van der Waals surface area contributed by atoms with Crippen LogP contribution in [0.1, 0.15) is 18.4 Å². The zero-order valence-electron chi connectivity index (χ0n) is 10.7. The number of amides is 1. The van der Waals surface area contributed by atoms with E-state index in [4.69, 9.17) is 16.3 Å². The second-order valence-corrected chi connectivity index (χ2v) is 5.03. The van der Waals surface area contributed by atoms with Gasteiger partial charge in [0.2, 0.25) is 5.91 Å². The van der Waals surface area contributed by atoms with Crippen molar-refractivity contribution < 1.29 is 19.1 Å². The zero-order valence-corrected chi connectivity index (χ0v) is 11.5. The van der Waals surface area contributed by atoms with Gasteiger partial charge in [-0.3, -0.25) is 9.59 Å². The molecule has 0 spiro atoms. The lowest BCUT2D eigenvalue weighted by Gasteiger charge is -2.08. The van der Waals surface area contributed by atoms with Crippen LogP contribution < -0.4 is 5.32 Å². The van der Waals surface area contributed by atoms with E-state index in [0.29, 0.717) is 18.1 Å². The lowest BCUT2D eigenvalue weighted by Crippen LogP contribution is -2.38. The van der Waals surface area contributed by atoms with E-state index in [1.54, 1.807) is 24.3 Å². The summed E-state index contributed by atoms with van der Waals surface area (Å²) in [5.74, 6) is -1.10. The van der Waals surface area contributed by atoms with Crippen LogP contribution in [0.4, 0.5) is 0 Å². The number of rotatable bonds is 5. The summed E-state index contributed by atoms with van der Waals surface area (Å²) in [5.41, 5.74) is 0.799. The summed E-state index contributed by atoms with van der Waals surface area (Å²) in [4.78, 5) is 34.6. The molecule has 1 aromatic rings. The zero-order chi connectivity index (χ0) is 14.5. The predicted molar refractivity (Wildman–Crippen MR) is 72.3 cm³/mol. The molecule has 1 saturated heterocycles. The molecule has 0 unspecified atom stereocenters. The predicted octanol–water partition coefficient (Wildman–Crippen LogP) is 1.27. The van der Waals surface area contributed by atoms with Gasteiger partial charge in [0.05, 0.1) is 13.0 Å². The highest BCUT2D eigenvalue weighted by Crippen LogP contribution is 2.11. The second kappa shape index (κ2) is 6.52. The lowest BCUT2D eigenvalue weighted by molar-refractivity contribution is -0.141. The van der Waals surface area contributed by atoms with E-state index >= 15 is 0 Å². The minimum Gasteiger partial charge on any atom is -0.464 e. The summed E-state index contributed by atoms with van der Waals surface area (Å²) >= 11 is 5.75. The quantitative estimate of drug-likeness (QED) is 0.656. The van der Waals surface area contributed by atoms with Crippen LogP contribution in [-0.4, -0.2) is 30.3 Å². The number of cyclic esters (lactones) is 1. The SMILES string of the molecule is O=C(CC(=O)N[C@@H]1CCOC1=O)Cc1ccc(Cl)cc1. The van der Waals surface area contributed by atoms with Crippen LogP contribution in [0.5, 0.6) is 0 Å². The van der Waals surface area contributed by atoms with Gasteiger partial charge in [0.25, 0.3) is 0 Å². The van der Waals surface area contributed by atoms with Gasteiger partial charge < -0.3 is 10.1 Å². The molecule has 1 fully saturated rings. The van der Waals surface area contributed by atoms with Crippen molar-refractivity contribution in [2.24, 2.45) is 0 Å². The number of hydrogen-bond acceptors (Lipinski definition) is 4. The number of ketones is 1. The Morgan fingerprint density at radius 1 is 1.30 bits per heavy atom. The van der Waals surface area contributed by atoms with Gasteiger partial charge in [0.15, 0.2) is 0 Å². The van der Waals surface area contributed by atoms with E-state index in [9.17, 15) is 14.4 Å². The van der Waals surface area contributed by atoms with Gasteiger partial charge in [-0.2, -0.15) is 0 Å². The Morgan fingerprint density at radius 2 is 2.00 bits per heavy atom. The lowest BCUT2D eigenvalue weighted by atomic mass is 10.1. The van der Waals surface area contributed by atoms with Crippen LogP contribution in [0.2, 0.25) is 5.02 Å². The van der Waals surface area contributed by atoms with Crippen molar-refractivity contribution in [3.05, 3.63) is 34.9 Å². The summed E-state index contributed by atoms with van der Waals surface area (Å²) in [5, 5.41) is 3.10. The Kier molecular flexibility index (Phi) is 4.74. The molecule has 0 aromatic heterocycles. The van der Waals surface area contributed by atoms with Crippen molar-refractivity contribution in [1.82, 2.24) is 5.32 Å². The van der Waals surface area contributed by atoms with Crippen LogP contribution in [-0.2, 0) is 25.5 Å². The maximum atomic E-state index is 11.8. The minimum atomic E-state index is -0.620. The molecular weight excluding hydrogens is 282 g/mol. The Bertz CT molecular complexity index is 526. The Balaban J connectivity index is 1.80. The first-order valence-electron chi connectivity index (χ1n) is 6.27. The highest BCUT2D eigenvalue weighted by atomic mass is 35.5. The highest BCUT2D eigenvalue weighted by Gasteiger charge is 2.28. The van der Waals surface area contributed by atoms with Gasteiger partial charge in [0.1, 0.15) is 11.8 Å². The molecule has 1 aromatic carbocycles. The number of esters is 1. The molecule has 20 heavy (non-hydrogen) atoms. The van der Waals surface area contributed by atoms with Crippen molar-refractivity contribution in [3.63, 3.8) is 0 Å². The van der Waals surface area contributed by atoms with Crippen molar-refractivity contribution in [2.45, 2.75) is 25.3 Å². The summed E-state index contributed by atoms with van der Waals surface area (Å²) in [7, 11) is 0. The average Bonchev–Trinajstić information content (AvgIpc) is 2.77. The normalized spacial score (nSPS) is 17.6. The Hall–Kier alpha value is -1.88. The van der Waals surface area contributed by atoms with E-state index < -0.39 is 17.9 Å². The van der Waals surface area contributed by atoms with Crippen LogP contribution >= 0.6 is 11.6 Å². The molecule has 0 aliphatic carbocycles. The van der Waals surface area contributed by atoms with E-state index in [2.05, 4.69) is 5.32 Å². The largest absolute Gasteiger partial charge is 0.464 e. The third-order valence-electron chi connectivity index (χ3n) is 2.94. The monoisotopic (exact) mass is 295 g/mol. The van der Waals surface area contributed by atoms with Gasteiger partial charge in [-0.1, -0.05) is 23.7 Å². The van der Waals surface area contributed by atoms with Gasteiger partial charge in [-0.15, -0.1) is 0 Å². The first-order valence-corrected chi connectivity index (χ1v) is 6.64. The summed E-state index contributed by atoms with van der Waals surface area (Å²) < 4.78 is 4.73. The number of carbonyl (C=O) groups is 3. The van der Waals surface area contributed by atoms with Crippen LogP contribution in [0.15, 0.2) is 24.3 Å². The Labute approximate surface area is 121 Å². The van der Waals surface area contributed by atoms with Crippen LogP contribution in [0, 0.1) is 0 Å². The third kappa shape index (κ3) is 4.06. The van der Waals surface area contributed by atoms with Gasteiger partial charge in [-0.25, -0.2) is 4.79 Å². The van der Waals surface area contributed by atoms with Gasteiger partial charge in [-0.05, 0) is 17.7 Å². The van der Waals surface area contributed by atoms with Crippen LogP contribution in [0.25, 0.3) is 0 Å². The van der Waals surface area contributed by atoms with Gasteiger partial charge >= 0.3 is 5.97 Å². The minimum absolute atomic E-state index is 0.166. The molecule has 1 aliphatic rings. The molecule has 1 heterocycles. The molecule has 1 N–H and O–H groups in total. The smallest absolute Gasteiger partial charge is 0.328 e. The molecule has 2 rings (SSSR count). The molecule has 0 radical (unpaired) electrons. The number of ether oxygens (including phenoxy) is 1. The molecule has 106 valence electrons. The van der Waals surface area contributed by atoms with E-state index in [0.717, 1.165) is 5.56 Å². The van der Waals surface area contributed by atoms with Crippen molar-refractivity contribution in [1.29, 1.82) is 0 Å². The summed E-state index contributed by atoms with van der Waals surface area (Å²) in [6, 6.07) is 6.25. The summed E-state index contributed by atoms with van der Waals surface area (Å²) in [6.45, 7) is 0.308. The first-order chi connectivity index (χ1) is 9.54. The number of hydrogen-bond donors (Lipinski definition) is 1. The average molecular weight is 296 g/mol. The molecular formula is C14H14ClNO4. The Morgan fingerprint density at radius 3 is 2.60 bits per heavy atom. The molecule has 5 nitrogen and oxygen atoms in total. The number of benzene rings is 1. The van der Waals surface area contributed by atoms with E-state index in [1.165, 1.54) is 0 Å². The molecule has 1 amide bonds. The third-order valence-corrected chi connectivity index (χ3v) is 3.19. The fourth-order valence-corrected chi connectivity index (χ4v) is 2.07. The maximum Gasteiger partial charge on any atom is 0.328 e. The topological polar surface area (TPSA) is 72.5 Å².